The van der Waals surface area contributed by atoms with Crippen LogP contribution in [0.15, 0.2) is 17.2 Å². The Bertz CT molecular complexity index is 504. The molecule has 0 aromatic carbocycles. The van der Waals surface area contributed by atoms with Crippen LogP contribution < -0.4 is 10.0 Å². The maximum atomic E-state index is 12.2. The van der Waals surface area contributed by atoms with Gasteiger partial charge in [0.15, 0.2) is 0 Å². The summed E-state index contributed by atoms with van der Waals surface area (Å²) >= 11 is 0. The highest BCUT2D eigenvalue weighted by Crippen LogP contribution is 2.25. The van der Waals surface area contributed by atoms with E-state index in [-0.39, 0.29) is 10.3 Å². The summed E-state index contributed by atoms with van der Waals surface area (Å²) in [5, 5.41) is 2.97. The summed E-state index contributed by atoms with van der Waals surface area (Å²) in [6.07, 6.45) is 1.53. The molecule has 19 heavy (non-hydrogen) atoms. The first-order valence-electron chi connectivity index (χ1n) is 6.50. The molecule has 110 valence electrons. The lowest BCUT2D eigenvalue weighted by molar-refractivity contribution is 0.252. The number of aromatic nitrogens is 1. The molecule has 0 aliphatic rings. The van der Waals surface area contributed by atoms with Crippen molar-refractivity contribution in [1.29, 1.82) is 0 Å². The molecule has 0 aliphatic heterocycles. The molecule has 1 heterocycles. The first-order chi connectivity index (χ1) is 8.69. The summed E-state index contributed by atoms with van der Waals surface area (Å²) in [5.74, 6) is 0.404. The molecule has 1 aromatic heterocycles. The molecular formula is C13H25N3O2S. The van der Waals surface area contributed by atoms with Gasteiger partial charge in [0.05, 0.1) is 4.90 Å². The summed E-state index contributed by atoms with van der Waals surface area (Å²) in [6.45, 7) is 9.35. The lowest BCUT2D eigenvalue weighted by Gasteiger charge is -2.29. The number of hydrogen-bond donors (Lipinski definition) is 3. The molecule has 0 saturated heterocycles. The normalized spacial score (nSPS) is 13.2. The van der Waals surface area contributed by atoms with Crippen LogP contribution in [0, 0.1) is 11.3 Å². The van der Waals surface area contributed by atoms with Gasteiger partial charge in [-0.2, -0.15) is 0 Å². The van der Waals surface area contributed by atoms with Crippen molar-refractivity contribution >= 4 is 10.0 Å². The topological polar surface area (TPSA) is 74.0 Å². The molecule has 0 spiro atoms. The molecule has 5 nitrogen and oxygen atoms in total. The van der Waals surface area contributed by atoms with Gasteiger partial charge in [-0.25, -0.2) is 13.1 Å². The Hall–Kier alpha value is -0.850. The molecular weight excluding hydrogens is 262 g/mol. The van der Waals surface area contributed by atoms with Crippen LogP contribution in [0.2, 0.25) is 0 Å². The third-order valence-electron chi connectivity index (χ3n) is 3.67. The van der Waals surface area contributed by atoms with Crippen LogP contribution in [0.3, 0.4) is 0 Å². The zero-order valence-corrected chi connectivity index (χ0v) is 13.2. The minimum absolute atomic E-state index is 0.0722. The maximum absolute atomic E-state index is 12.2. The minimum atomic E-state index is -3.43. The van der Waals surface area contributed by atoms with Gasteiger partial charge in [0.2, 0.25) is 10.0 Å². The minimum Gasteiger partial charge on any atom is -0.363 e. The van der Waals surface area contributed by atoms with E-state index >= 15 is 0 Å². The molecule has 0 saturated carbocycles. The van der Waals surface area contributed by atoms with Gasteiger partial charge < -0.3 is 10.3 Å². The van der Waals surface area contributed by atoms with Crippen LogP contribution in [0.5, 0.6) is 0 Å². The Morgan fingerprint density at radius 1 is 1.37 bits per heavy atom. The highest BCUT2D eigenvalue weighted by molar-refractivity contribution is 7.89. The van der Waals surface area contributed by atoms with Gasteiger partial charge in [-0.3, -0.25) is 0 Å². The van der Waals surface area contributed by atoms with Crippen molar-refractivity contribution in [3.8, 4) is 0 Å². The molecule has 0 bridgehead atoms. The monoisotopic (exact) mass is 287 g/mol. The molecule has 0 atom stereocenters. The van der Waals surface area contributed by atoms with Crippen LogP contribution in [-0.4, -0.2) is 27.0 Å². The van der Waals surface area contributed by atoms with Gasteiger partial charge in [0.1, 0.15) is 0 Å². The number of H-pyrrole nitrogens is 1. The lowest BCUT2D eigenvalue weighted by Crippen LogP contribution is -2.36. The third kappa shape index (κ3) is 4.33. The van der Waals surface area contributed by atoms with E-state index < -0.39 is 10.0 Å². The summed E-state index contributed by atoms with van der Waals surface area (Å²) < 4.78 is 27.0. The smallest absolute Gasteiger partial charge is 0.242 e. The highest BCUT2D eigenvalue weighted by Gasteiger charge is 2.25. The first kappa shape index (κ1) is 16.2. The second-order valence-electron chi connectivity index (χ2n) is 5.86. The van der Waals surface area contributed by atoms with Gasteiger partial charge in [-0.1, -0.05) is 27.7 Å². The SMILES string of the molecule is CNCc1cc(S(=O)(=O)NCC(C)(C)C(C)C)c[nH]1. The van der Waals surface area contributed by atoms with Crippen molar-refractivity contribution < 1.29 is 8.42 Å². The molecule has 0 unspecified atom stereocenters. The van der Waals surface area contributed by atoms with Crippen LogP contribution in [0.1, 0.15) is 33.4 Å². The second kappa shape index (κ2) is 6.07. The summed E-state index contributed by atoms with van der Waals surface area (Å²) in [4.78, 5) is 3.24. The molecule has 0 fully saturated rings. The summed E-state index contributed by atoms with van der Waals surface area (Å²) in [5.41, 5.74) is 0.781. The zero-order chi connectivity index (χ0) is 14.7. The Morgan fingerprint density at radius 2 is 2.00 bits per heavy atom. The lowest BCUT2D eigenvalue weighted by atomic mass is 9.81. The van der Waals surface area contributed by atoms with E-state index in [0.29, 0.717) is 19.0 Å². The van der Waals surface area contributed by atoms with E-state index in [1.807, 2.05) is 7.05 Å². The fourth-order valence-corrected chi connectivity index (χ4v) is 2.68. The molecule has 6 heteroatoms. The van der Waals surface area contributed by atoms with E-state index in [0.717, 1.165) is 5.69 Å². The molecule has 0 amide bonds. The Labute approximate surface area is 116 Å². The average molecular weight is 287 g/mol. The van der Waals surface area contributed by atoms with Crippen molar-refractivity contribution in [2.45, 2.75) is 39.1 Å². The largest absolute Gasteiger partial charge is 0.363 e. The van der Waals surface area contributed by atoms with E-state index in [1.165, 1.54) is 6.20 Å². The molecule has 3 N–H and O–H groups in total. The number of hydrogen-bond acceptors (Lipinski definition) is 3. The summed E-state index contributed by atoms with van der Waals surface area (Å²) in [6, 6.07) is 1.65. The third-order valence-corrected chi connectivity index (χ3v) is 5.06. The standard InChI is InChI=1S/C13H25N3O2S/c1-10(2)13(3,4)9-16-19(17,18)12-6-11(7-14-5)15-8-12/h6,8,10,14-16H,7,9H2,1-5H3. The number of aromatic amines is 1. The van der Waals surface area contributed by atoms with E-state index in [2.05, 4.69) is 42.7 Å². The Balaban J connectivity index is 2.75. The fraction of sp³-hybridized carbons (Fsp3) is 0.692. The predicted octanol–water partition coefficient (Wildman–Crippen LogP) is 1.69. The Morgan fingerprint density at radius 3 is 2.53 bits per heavy atom. The van der Waals surface area contributed by atoms with E-state index in [9.17, 15) is 8.42 Å². The van der Waals surface area contributed by atoms with Crippen LogP contribution in [-0.2, 0) is 16.6 Å². The van der Waals surface area contributed by atoms with Gasteiger partial charge in [-0.15, -0.1) is 0 Å². The van der Waals surface area contributed by atoms with Gasteiger partial charge in [-0.05, 0) is 24.4 Å². The van der Waals surface area contributed by atoms with Crippen molar-refractivity contribution in [2.75, 3.05) is 13.6 Å². The Kier molecular flexibility index (Phi) is 5.18. The maximum Gasteiger partial charge on any atom is 0.242 e. The summed E-state index contributed by atoms with van der Waals surface area (Å²) in [7, 11) is -1.62. The highest BCUT2D eigenvalue weighted by atomic mass is 32.2. The zero-order valence-electron chi connectivity index (χ0n) is 12.4. The number of nitrogens with one attached hydrogen (secondary N) is 3. The van der Waals surface area contributed by atoms with Crippen molar-refractivity contribution in [3.63, 3.8) is 0 Å². The fourth-order valence-electron chi connectivity index (χ4n) is 1.44. The van der Waals surface area contributed by atoms with Crippen LogP contribution in [0.4, 0.5) is 0 Å². The molecule has 1 rings (SSSR count). The van der Waals surface area contributed by atoms with Gasteiger partial charge >= 0.3 is 0 Å². The predicted molar refractivity (Wildman–Crippen MR) is 77.4 cm³/mol. The van der Waals surface area contributed by atoms with Crippen LogP contribution in [0.25, 0.3) is 0 Å². The average Bonchev–Trinajstić information content (AvgIpc) is 2.76. The molecule has 1 aromatic rings. The quantitative estimate of drug-likeness (QED) is 0.714. The number of rotatable bonds is 7. The van der Waals surface area contributed by atoms with Crippen molar-refractivity contribution in [3.05, 3.63) is 18.0 Å². The first-order valence-corrected chi connectivity index (χ1v) is 7.99. The molecule has 0 aliphatic carbocycles. The van der Waals surface area contributed by atoms with Crippen molar-refractivity contribution in [1.82, 2.24) is 15.0 Å². The van der Waals surface area contributed by atoms with Crippen molar-refractivity contribution in [2.24, 2.45) is 11.3 Å². The second-order valence-corrected chi connectivity index (χ2v) is 7.63. The molecule has 0 radical (unpaired) electrons. The van der Waals surface area contributed by atoms with E-state index in [1.54, 1.807) is 6.07 Å². The van der Waals surface area contributed by atoms with E-state index in [4.69, 9.17) is 0 Å². The van der Waals surface area contributed by atoms with Crippen LogP contribution >= 0.6 is 0 Å². The number of sulfonamides is 1. The van der Waals surface area contributed by atoms with Gasteiger partial charge in [0, 0.05) is 25.0 Å². The van der Waals surface area contributed by atoms with Gasteiger partial charge in [0.25, 0.3) is 0 Å².